The van der Waals surface area contributed by atoms with E-state index in [4.69, 9.17) is 25.9 Å². The Morgan fingerprint density at radius 2 is 2.07 bits per heavy atom. The fraction of sp³-hybridized carbons (Fsp3) is 0.562. The molecule has 2 aromatic heterocycles. The van der Waals surface area contributed by atoms with Crippen molar-refractivity contribution >= 4 is 40.7 Å². The smallest absolute Gasteiger partial charge is 0.302 e. The summed E-state index contributed by atoms with van der Waals surface area (Å²) in [7, 11) is 1.44. The molecule has 0 unspecified atom stereocenters. The lowest BCUT2D eigenvalue weighted by Gasteiger charge is -2.18. The van der Waals surface area contributed by atoms with Crippen molar-refractivity contribution in [1.29, 1.82) is 0 Å². The average molecular weight is 398 g/mol. The molecule has 2 heterocycles. The lowest BCUT2D eigenvalue weighted by Crippen LogP contribution is -2.25. The van der Waals surface area contributed by atoms with Gasteiger partial charge in [0.05, 0.1) is 20.0 Å². The van der Waals surface area contributed by atoms with Gasteiger partial charge in [-0.05, 0) is 6.42 Å². The largest absolute Gasteiger partial charge is 0.465 e. The minimum atomic E-state index is -0.374. The summed E-state index contributed by atoms with van der Waals surface area (Å²) in [4.78, 5) is 40.2. The van der Waals surface area contributed by atoms with Crippen LogP contribution in [0.3, 0.4) is 0 Å². The van der Waals surface area contributed by atoms with Gasteiger partial charge in [0, 0.05) is 32.2 Å². The zero-order chi connectivity index (χ0) is 19.6. The Hall–Kier alpha value is -2.46. The van der Waals surface area contributed by atoms with Gasteiger partial charge in [-0.3, -0.25) is 14.4 Å². The molecule has 3 atom stereocenters. The van der Waals surface area contributed by atoms with Crippen molar-refractivity contribution in [3.8, 4) is 0 Å². The summed E-state index contributed by atoms with van der Waals surface area (Å²) in [6.07, 6.45) is 2.45. The van der Waals surface area contributed by atoms with E-state index in [-0.39, 0.29) is 47.7 Å². The maximum atomic E-state index is 11.4. The maximum absolute atomic E-state index is 11.4. The van der Waals surface area contributed by atoms with Gasteiger partial charge in [-0.25, -0.2) is 10.5 Å². The van der Waals surface area contributed by atoms with Crippen LogP contribution in [0.2, 0.25) is 5.15 Å². The Kier molecular flexibility index (Phi) is 5.76. The Bertz CT molecular complexity index is 857. The van der Waals surface area contributed by atoms with Crippen LogP contribution in [0.15, 0.2) is 6.33 Å². The number of fused-ring (bicyclic) bond motifs is 1. The number of aromatic nitrogens is 4. The molecule has 2 aromatic rings. The lowest BCUT2D eigenvalue weighted by molar-refractivity contribution is -0.151. The highest BCUT2D eigenvalue weighted by Crippen LogP contribution is 2.39. The Labute approximate surface area is 160 Å². The molecule has 0 aromatic carbocycles. The summed E-state index contributed by atoms with van der Waals surface area (Å²) >= 11 is 6.18. The van der Waals surface area contributed by atoms with Gasteiger partial charge in [0.15, 0.2) is 10.8 Å². The van der Waals surface area contributed by atoms with Crippen LogP contribution in [0.4, 0.5) is 5.95 Å². The summed E-state index contributed by atoms with van der Waals surface area (Å²) in [5.74, 6) is -0.652. The van der Waals surface area contributed by atoms with E-state index in [9.17, 15) is 9.59 Å². The molecule has 0 spiro atoms. The number of rotatable bonds is 6. The molecule has 1 N–H and O–H groups in total. The van der Waals surface area contributed by atoms with Gasteiger partial charge in [0.25, 0.3) is 5.95 Å². The second kappa shape index (κ2) is 8.05. The molecule has 27 heavy (non-hydrogen) atoms. The molecule has 1 aliphatic rings. The first-order valence-electron chi connectivity index (χ1n) is 8.38. The van der Waals surface area contributed by atoms with Crippen LogP contribution in [-0.4, -0.2) is 51.3 Å². The molecule has 10 nitrogen and oxygen atoms in total. The fourth-order valence-electron chi connectivity index (χ4n) is 3.33. The van der Waals surface area contributed by atoms with Gasteiger partial charge in [-0.15, -0.1) is 0 Å². The standard InChI is InChI=1S/C16H20ClN5O5/c1-8(23)26-6-10-4-11(5-12(10)27-9(2)24)22-7-18-13-14(17)19-16(21-25-3)20-15(13)22/h7,10-12H,4-6H2,1-3H3,(H,19,20,21)/t10-,11-,12+/m1/s1. The molecular weight excluding hydrogens is 378 g/mol. The highest BCUT2D eigenvalue weighted by atomic mass is 35.5. The van der Waals surface area contributed by atoms with Crippen molar-refractivity contribution < 1.29 is 23.9 Å². The fourth-order valence-corrected chi connectivity index (χ4v) is 3.54. The number of esters is 2. The minimum Gasteiger partial charge on any atom is -0.465 e. The monoisotopic (exact) mass is 397 g/mol. The molecule has 1 fully saturated rings. The Morgan fingerprint density at radius 1 is 1.30 bits per heavy atom. The molecule has 0 radical (unpaired) electrons. The first kappa shape index (κ1) is 19.3. The van der Waals surface area contributed by atoms with Gasteiger partial charge in [-0.2, -0.15) is 9.97 Å². The number of ether oxygens (including phenoxy) is 2. The number of halogens is 1. The molecule has 0 aliphatic heterocycles. The maximum Gasteiger partial charge on any atom is 0.302 e. The minimum absolute atomic E-state index is 0.0544. The van der Waals surface area contributed by atoms with Crippen molar-refractivity contribution in [2.24, 2.45) is 5.92 Å². The van der Waals surface area contributed by atoms with E-state index in [0.29, 0.717) is 24.0 Å². The van der Waals surface area contributed by atoms with E-state index in [1.165, 1.54) is 21.0 Å². The van der Waals surface area contributed by atoms with Gasteiger partial charge in [-0.1, -0.05) is 11.6 Å². The third-order valence-corrected chi connectivity index (χ3v) is 4.65. The number of hydrogen-bond donors (Lipinski definition) is 1. The third kappa shape index (κ3) is 4.28. The first-order chi connectivity index (χ1) is 12.9. The van der Waals surface area contributed by atoms with Crippen LogP contribution < -0.4 is 5.48 Å². The molecule has 1 saturated carbocycles. The number of nitrogens with zero attached hydrogens (tertiary/aromatic N) is 4. The zero-order valence-electron chi connectivity index (χ0n) is 15.1. The average Bonchev–Trinajstić information content (AvgIpc) is 3.17. The molecular formula is C16H20ClN5O5. The van der Waals surface area contributed by atoms with Crippen LogP contribution in [0, 0.1) is 5.92 Å². The van der Waals surface area contributed by atoms with Gasteiger partial charge in [0.1, 0.15) is 11.6 Å². The van der Waals surface area contributed by atoms with Gasteiger partial charge in [0.2, 0.25) is 0 Å². The van der Waals surface area contributed by atoms with Crippen molar-refractivity contribution in [2.45, 2.75) is 38.8 Å². The van der Waals surface area contributed by atoms with Crippen LogP contribution in [0.5, 0.6) is 0 Å². The highest BCUT2D eigenvalue weighted by Gasteiger charge is 2.38. The first-order valence-corrected chi connectivity index (χ1v) is 8.76. The quantitative estimate of drug-likeness (QED) is 0.442. The van der Waals surface area contributed by atoms with Crippen molar-refractivity contribution in [1.82, 2.24) is 19.5 Å². The molecule has 0 bridgehead atoms. The second-order valence-electron chi connectivity index (χ2n) is 6.30. The SMILES string of the molecule is CONc1nc(Cl)c2ncn([C@@H]3C[C@H](COC(C)=O)[C@@H](OC(C)=O)C3)c2n1. The van der Waals surface area contributed by atoms with E-state index in [2.05, 4.69) is 20.4 Å². The second-order valence-corrected chi connectivity index (χ2v) is 6.66. The van der Waals surface area contributed by atoms with Crippen molar-refractivity contribution in [3.63, 3.8) is 0 Å². The van der Waals surface area contributed by atoms with Gasteiger partial charge < -0.3 is 14.0 Å². The van der Waals surface area contributed by atoms with Crippen LogP contribution >= 0.6 is 11.6 Å². The lowest BCUT2D eigenvalue weighted by atomic mass is 10.1. The predicted molar refractivity (Wildman–Crippen MR) is 94.9 cm³/mol. The zero-order valence-corrected chi connectivity index (χ0v) is 15.9. The van der Waals surface area contributed by atoms with Gasteiger partial charge >= 0.3 is 11.9 Å². The number of nitrogens with one attached hydrogen (secondary N) is 1. The van der Waals surface area contributed by atoms with E-state index >= 15 is 0 Å². The predicted octanol–water partition coefficient (Wildman–Crippen LogP) is 1.90. The summed E-state index contributed by atoms with van der Waals surface area (Å²) in [6, 6.07) is -0.0544. The summed E-state index contributed by atoms with van der Waals surface area (Å²) in [6.45, 7) is 2.89. The number of carbonyl (C=O) groups excluding carboxylic acids is 2. The highest BCUT2D eigenvalue weighted by molar-refractivity contribution is 6.33. The van der Waals surface area contributed by atoms with Crippen molar-refractivity contribution in [2.75, 3.05) is 19.2 Å². The summed E-state index contributed by atoms with van der Waals surface area (Å²) in [5, 5.41) is 0.198. The molecule has 0 amide bonds. The topological polar surface area (TPSA) is 117 Å². The molecule has 1 aliphatic carbocycles. The molecule has 11 heteroatoms. The summed E-state index contributed by atoms with van der Waals surface area (Å²) in [5.41, 5.74) is 3.55. The van der Waals surface area contributed by atoms with Crippen LogP contribution in [0.1, 0.15) is 32.7 Å². The number of anilines is 1. The van der Waals surface area contributed by atoms with Crippen molar-refractivity contribution in [3.05, 3.63) is 11.5 Å². The number of imidazole rings is 1. The summed E-state index contributed by atoms with van der Waals surface area (Å²) < 4.78 is 12.4. The normalized spacial score (nSPS) is 22.0. The van der Waals surface area contributed by atoms with E-state index in [1.54, 1.807) is 6.33 Å². The number of carbonyl (C=O) groups is 2. The van der Waals surface area contributed by atoms with Crippen LogP contribution in [0.25, 0.3) is 11.2 Å². The van der Waals surface area contributed by atoms with E-state index in [1.807, 2.05) is 4.57 Å². The van der Waals surface area contributed by atoms with Crippen LogP contribution in [-0.2, 0) is 23.9 Å². The third-order valence-electron chi connectivity index (χ3n) is 4.39. The Morgan fingerprint density at radius 3 is 2.74 bits per heavy atom. The molecule has 3 rings (SSSR count). The molecule has 0 saturated heterocycles. The Balaban J connectivity index is 1.88. The van der Waals surface area contributed by atoms with E-state index < -0.39 is 0 Å². The molecule has 146 valence electrons. The van der Waals surface area contributed by atoms with E-state index in [0.717, 1.165) is 0 Å². The number of hydrogen-bond acceptors (Lipinski definition) is 9.